The summed E-state index contributed by atoms with van der Waals surface area (Å²) < 4.78 is 52.6. The minimum absolute atomic E-state index is 0.127. The molecule has 1 aromatic carbocycles. The Morgan fingerprint density at radius 3 is 2.45 bits per heavy atom. The van der Waals surface area contributed by atoms with E-state index in [2.05, 4.69) is 6.07 Å². The molecule has 120 valence electrons. The van der Waals surface area contributed by atoms with E-state index in [1.807, 2.05) is 4.90 Å². The van der Waals surface area contributed by atoms with Crippen molar-refractivity contribution in [2.75, 3.05) is 32.7 Å². The maximum atomic E-state index is 13.7. The lowest BCUT2D eigenvalue weighted by atomic mass is 10.2. The van der Waals surface area contributed by atoms with Crippen LogP contribution in [-0.2, 0) is 10.0 Å². The first-order valence-corrected chi connectivity index (χ1v) is 8.36. The summed E-state index contributed by atoms with van der Waals surface area (Å²) in [5, 5.41) is 8.79. The van der Waals surface area contributed by atoms with Gasteiger partial charge in [0.15, 0.2) is 0 Å². The predicted octanol–water partition coefficient (Wildman–Crippen LogP) is 1.43. The number of halogens is 2. The number of hydrogen-bond acceptors (Lipinski definition) is 4. The first-order valence-electron chi connectivity index (χ1n) is 6.92. The van der Waals surface area contributed by atoms with Crippen LogP contribution in [0.15, 0.2) is 23.1 Å². The lowest BCUT2D eigenvalue weighted by Crippen LogP contribution is -2.49. The smallest absolute Gasteiger partial charge is 0.246 e. The molecule has 0 aliphatic carbocycles. The van der Waals surface area contributed by atoms with E-state index in [0.717, 1.165) is 12.1 Å². The summed E-state index contributed by atoms with van der Waals surface area (Å²) in [5.41, 5.74) is 0. The van der Waals surface area contributed by atoms with Crippen LogP contribution in [0.1, 0.15) is 6.92 Å². The van der Waals surface area contributed by atoms with Gasteiger partial charge in [-0.2, -0.15) is 9.57 Å². The fourth-order valence-electron chi connectivity index (χ4n) is 2.40. The van der Waals surface area contributed by atoms with Crippen LogP contribution in [0.5, 0.6) is 0 Å². The van der Waals surface area contributed by atoms with Crippen LogP contribution < -0.4 is 0 Å². The zero-order valence-electron chi connectivity index (χ0n) is 12.2. The SMILES string of the molecule is C[C@H](C#N)CN1CCN(S(=O)(=O)c2ccc(F)cc2F)CC1. The van der Waals surface area contributed by atoms with Gasteiger partial charge in [-0.1, -0.05) is 0 Å². The largest absolute Gasteiger partial charge is 0.299 e. The molecule has 0 amide bonds. The van der Waals surface area contributed by atoms with Crippen LogP contribution in [-0.4, -0.2) is 50.3 Å². The molecule has 0 N–H and O–H groups in total. The maximum absolute atomic E-state index is 13.7. The monoisotopic (exact) mass is 329 g/mol. The van der Waals surface area contributed by atoms with Crippen molar-refractivity contribution in [1.82, 2.24) is 9.21 Å². The van der Waals surface area contributed by atoms with Crippen molar-refractivity contribution >= 4 is 10.0 Å². The topological polar surface area (TPSA) is 64.4 Å². The van der Waals surface area contributed by atoms with Gasteiger partial charge < -0.3 is 0 Å². The Balaban J connectivity index is 2.08. The molecule has 0 spiro atoms. The summed E-state index contributed by atoms with van der Waals surface area (Å²) in [7, 11) is -3.97. The van der Waals surface area contributed by atoms with E-state index in [0.29, 0.717) is 25.7 Å². The summed E-state index contributed by atoms with van der Waals surface area (Å²) >= 11 is 0. The second kappa shape index (κ2) is 6.69. The third-order valence-corrected chi connectivity index (χ3v) is 5.53. The molecule has 1 aliphatic rings. The van der Waals surface area contributed by atoms with E-state index >= 15 is 0 Å². The van der Waals surface area contributed by atoms with E-state index < -0.39 is 26.6 Å². The molecule has 0 saturated carbocycles. The zero-order chi connectivity index (χ0) is 16.3. The summed E-state index contributed by atoms with van der Waals surface area (Å²) in [6, 6.07) is 4.58. The Morgan fingerprint density at radius 2 is 1.91 bits per heavy atom. The maximum Gasteiger partial charge on any atom is 0.246 e. The second-order valence-corrected chi connectivity index (χ2v) is 7.22. The van der Waals surface area contributed by atoms with Crippen molar-refractivity contribution in [3.05, 3.63) is 29.8 Å². The fourth-order valence-corrected chi connectivity index (χ4v) is 3.87. The number of rotatable bonds is 4. The van der Waals surface area contributed by atoms with Crippen molar-refractivity contribution < 1.29 is 17.2 Å². The summed E-state index contributed by atoms with van der Waals surface area (Å²) in [6.45, 7) is 3.78. The van der Waals surface area contributed by atoms with Crippen LogP contribution in [0.25, 0.3) is 0 Å². The van der Waals surface area contributed by atoms with Gasteiger partial charge in [0.05, 0.1) is 12.0 Å². The van der Waals surface area contributed by atoms with Gasteiger partial charge >= 0.3 is 0 Å². The zero-order valence-corrected chi connectivity index (χ0v) is 13.0. The average molecular weight is 329 g/mol. The van der Waals surface area contributed by atoms with Gasteiger partial charge in [0.25, 0.3) is 0 Å². The van der Waals surface area contributed by atoms with Gasteiger partial charge in [-0.15, -0.1) is 0 Å². The van der Waals surface area contributed by atoms with Crippen molar-refractivity contribution in [2.24, 2.45) is 5.92 Å². The lowest BCUT2D eigenvalue weighted by molar-refractivity contribution is 0.178. The van der Waals surface area contributed by atoms with Crippen molar-refractivity contribution in [3.8, 4) is 6.07 Å². The standard InChI is InChI=1S/C14H17F2N3O2S/c1-11(9-17)10-18-4-6-19(7-5-18)22(20,21)14-3-2-12(15)8-13(14)16/h2-3,8,11H,4-7,10H2,1H3/t11-/m1/s1. The van der Waals surface area contributed by atoms with Gasteiger partial charge in [-0.25, -0.2) is 17.2 Å². The minimum atomic E-state index is -3.97. The number of nitriles is 1. The van der Waals surface area contributed by atoms with Gasteiger partial charge in [-0.3, -0.25) is 4.90 Å². The molecule has 22 heavy (non-hydrogen) atoms. The molecular weight excluding hydrogens is 312 g/mol. The van der Waals surface area contributed by atoms with Crippen LogP contribution in [0.2, 0.25) is 0 Å². The van der Waals surface area contributed by atoms with E-state index in [9.17, 15) is 17.2 Å². The number of nitrogens with zero attached hydrogens (tertiary/aromatic N) is 3. The highest BCUT2D eigenvalue weighted by molar-refractivity contribution is 7.89. The van der Waals surface area contributed by atoms with Crippen molar-refractivity contribution in [2.45, 2.75) is 11.8 Å². The molecular formula is C14H17F2N3O2S. The molecule has 1 aromatic rings. The van der Waals surface area contributed by atoms with Crippen molar-refractivity contribution in [3.63, 3.8) is 0 Å². The van der Waals surface area contributed by atoms with E-state index in [1.54, 1.807) is 6.92 Å². The van der Waals surface area contributed by atoms with E-state index in [1.165, 1.54) is 4.31 Å². The molecule has 1 aliphatic heterocycles. The van der Waals surface area contributed by atoms with E-state index in [-0.39, 0.29) is 19.0 Å². The summed E-state index contributed by atoms with van der Waals surface area (Å²) in [6.07, 6.45) is 0. The normalized spacial score (nSPS) is 18.8. The van der Waals surface area contributed by atoms with Crippen LogP contribution in [0.3, 0.4) is 0 Å². The number of hydrogen-bond donors (Lipinski definition) is 0. The Hall–Kier alpha value is -1.56. The average Bonchev–Trinajstić information content (AvgIpc) is 2.47. The molecule has 1 heterocycles. The molecule has 5 nitrogen and oxygen atoms in total. The third-order valence-electron chi connectivity index (χ3n) is 3.60. The first kappa shape index (κ1) is 16.8. The minimum Gasteiger partial charge on any atom is -0.299 e. The molecule has 1 fully saturated rings. The van der Waals surface area contributed by atoms with Gasteiger partial charge in [0.1, 0.15) is 16.5 Å². The third kappa shape index (κ3) is 3.61. The molecule has 0 unspecified atom stereocenters. The highest BCUT2D eigenvalue weighted by Gasteiger charge is 2.31. The Bertz CT molecular complexity index is 680. The number of sulfonamides is 1. The highest BCUT2D eigenvalue weighted by Crippen LogP contribution is 2.21. The van der Waals surface area contributed by atoms with Crippen molar-refractivity contribution in [1.29, 1.82) is 5.26 Å². The van der Waals surface area contributed by atoms with Gasteiger partial charge in [0, 0.05) is 38.8 Å². The predicted molar refractivity (Wildman–Crippen MR) is 76.3 cm³/mol. The Kier molecular flexibility index (Phi) is 5.11. The Labute approximate surface area is 128 Å². The molecule has 0 aromatic heterocycles. The first-order chi connectivity index (χ1) is 10.3. The lowest BCUT2D eigenvalue weighted by Gasteiger charge is -2.34. The molecule has 1 saturated heterocycles. The molecule has 1 atom stereocenters. The molecule has 0 bridgehead atoms. The Morgan fingerprint density at radius 1 is 1.27 bits per heavy atom. The van der Waals surface area contributed by atoms with Gasteiger partial charge in [0.2, 0.25) is 10.0 Å². The van der Waals surface area contributed by atoms with E-state index in [4.69, 9.17) is 5.26 Å². The highest BCUT2D eigenvalue weighted by atomic mass is 32.2. The van der Waals surface area contributed by atoms with Crippen LogP contribution in [0, 0.1) is 28.9 Å². The number of benzene rings is 1. The summed E-state index contributed by atoms with van der Waals surface area (Å²) in [4.78, 5) is 1.49. The second-order valence-electron chi connectivity index (χ2n) is 5.31. The molecule has 2 rings (SSSR count). The van der Waals surface area contributed by atoms with Crippen LogP contribution >= 0.6 is 0 Å². The molecule has 8 heteroatoms. The van der Waals surface area contributed by atoms with Crippen LogP contribution in [0.4, 0.5) is 8.78 Å². The van der Waals surface area contributed by atoms with Gasteiger partial charge in [-0.05, 0) is 19.1 Å². The molecule has 0 radical (unpaired) electrons. The number of piperazine rings is 1. The quantitative estimate of drug-likeness (QED) is 0.838. The fraction of sp³-hybridized carbons (Fsp3) is 0.500. The summed E-state index contributed by atoms with van der Waals surface area (Å²) in [5.74, 6) is -2.02.